The zero-order valence-corrected chi connectivity index (χ0v) is 19.7. The molecule has 2 aromatic carbocycles. The quantitative estimate of drug-likeness (QED) is 0.400. The van der Waals surface area contributed by atoms with Crippen LogP contribution in [0.15, 0.2) is 71.7 Å². The lowest BCUT2D eigenvalue weighted by molar-refractivity contribution is 0.255. The number of rotatable bonds is 6. The first-order valence-corrected chi connectivity index (χ1v) is 11.9. The number of anilines is 2. The van der Waals surface area contributed by atoms with Crippen LogP contribution in [0.1, 0.15) is 31.2 Å². The van der Waals surface area contributed by atoms with Crippen LogP contribution in [0.25, 0.3) is 22.0 Å². The molecule has 3 heterocycles. The van der Waals surface area contributed by atoms with Gasteiger partial charge in [0.25, 0.3) is 5.56 Å². The van der Waals surface area contributed by atoms with E-state index in [2.05, 4.69) is 46.5 Å². The number of hydrogen-bond donors (Lipinski definition) is 2. The normalized spacial score (nSPS) is 14.9. The van der Waals surface area contributed by atoms with Gasteiger partial charge < -0.3 is 19.9 Å². The number of nitrogens with zero attached hydrogens (tertiary/aromatic N) is 2. The maximum absolute atomic E-state index is 12.7. The zero-order valence-electron chi connectivity index (χ0n) is 19.7. The minimum atomic E-state index is -0.167. The summed E-state index contributed by atoms with van der Waals surface area (Å²) in [6, 6.07) is 20.2. The number of nitrogens with one attached hydrogen (secondary N) is 2. The standard InChI is InChI=1S/C28H30N4O2/c1-3-34-25-7-5-4-6-23(25)24-18-21-12-15-29-28(33)26(21)27(31-24)30-22-10-8-19(9-11-22)20-13-16-32(2)17-14-20/h4-12,15,18,20H,3,13-14,16-17H2,1-2H3,(H,29,33)(H,30,31). The van der Waals surface area contributed by atoms with E-state index in [1.54, 1.807) is 6.20 Å². The van der Waals surface area contributed by atoms with Gasteiger partial charge in [-0.25, -0.2) is 4.98 Å². The molecule has 1 saturated heterocycles. The molecular formula is C28H30N4O2. The highest BCUT2D eigenvalue weighted by Gasteiger charge is 2.18. The molecule has 0 radical (unpaired) electrons. The Balaban J connectivity index is 1.51. The summed E-state index contributed by atoms with van der Waals surface area (Å²) in [5.41, 5.74) is 3.76. The van der Waals surface area contributed by atoms with Gasteiger partial charge in [0, 0.05) is 17.4 Å². The third kappa shape index (κ3) is 4.54. The van der Waals surface area contributed by atoms with Crippen molar-refractivity contribution in [1.82, 2.24) is 14.9 Å². The number of aromatic amines is 1. The van der Waals surface area contributed by atoms with Crippen molar-refractivity contribution in [2.75, 3.05) is 32.1 Å². The number of hydrogen-bond acceptors (Lipinski definition) is 5. The monoisotopic (exact) mass is 454 g/mol. The van der Waals surface area contributed by atoms with Gasteiger partial charge in [0.1, 0.15) is 11.6 Å². The molecule has 6 heteroatoms. The van der Waals surface area contributed by atoms with Gasteiger partial charge in [0.2, 0.25) is 0 Å². The molecule has 1 aliphatic heterocycles. The third-order valence-electron chi connectivity index (χ3n) is 6.58. The van der Waals surface area contributed by atoms with E-state index in [0.29, 0.717) is 23.7 Å². The lowest BCUT2D eigenvalue weighted by atomic mass is 9.89. The van der Waals surface area contributed by atoms with Crippen molar-refractivity contribution in [1.29, 1.82) is 0 Å². The molecule has 0 aliphatic carbocycles. The summed E-state index contributed by atoms with van der Waals surface area (Å²) >= 11 is 0. The zero-order chi connectivity index (χ0) is 23.5. The largest absolute Gasteiger partial charge is 0.493 e. The van der Waals surface area contributed by atoms with Crippen LogP contribution in [0.4, 0.5) is 11.5 Å². The van der Waals surface area contributed by atoms with Gasteiger partial charge >= 0.3 is 0 Å². The van der Waals surface area contributed by atoms with Gasteiger partial charge in [-0.2, -0.15) is 0 Å². The third-order valence-corrected chi connectivity index (χ3v) is 6.58. The van der Waals surface area contributed by atoms with E-state index in [9.17, 15) is 4.79 Å². The highest BCUT2D eigenvalue weighted by molar-refractivity contribution is 5.95. The molecule has 34 heavy (non-hydrogen) atoms. The molecule has 0 spiro atoms. The highest BCUT2D eigenvalue weighted by Crippen LogP contribution is 2.34. The molecule has 1 fully saturated rings. The summed E-state index contributed by atoms with van der Waals surface area (Å²) in [6.45, 7) is 4.81. The van der Waals surface area contributed by atoms with Gasteiger partial charge in [0.05, 0.1) is 17.7 Å². The fraction of sp³-hybridized carbons (Fsp3) is 0.286. The van der Waals surface area contributed by atoms with E-state index in [1.807, 2.05) is 43.3 Å². The molecule has 2 aromatic heterocycles. The summed E-state index contributed by atoms with van der Waals surface area (Å²) in [7, 11) is 2.18. The van der Waals surface area contributed by atoms with Crippen LogP contribution >= 0.6 is 0 Å². The van der Waals surface area contributed by atoms with Crippen LogP contribution in [0.5, 0.6) is 5.75 Å². The van der Waals surface area contributed by atoms with Crippen molar-refractivity contribution in [3.8, 4) is 17.0 Å². The maximum atomic E-state index is 12.7. The fourth-order valence-electron chi connectivity index (χ4n) is 4.72. The molecule has 1 aliphatic rings. The first kappa shape index (κ1) is 22.2. The Labute approximate surface area is 199 Å². The topological polar surface area (TPSA) is 70.2 Å². The first-order chi connectivity index (χ1) is 16.6. The number of likely N-dealkylation sites (tertiary alicyclic amines) is 1. The number of pyridine rings is 2. The van der Waals surface area contributed by atoms with Gasteiger partial charge in [0.15, 0.2) is 0 Å². The van der Waals surface area contributed by atoms with E-state index in [1.165, 1.54) is 18.4 Å². The average molecular weight is 455 g/mol. The summed E-state index contributed by atoms with van der Waals surface area (Å²) in [6.07, 6.45) is 4.04. The fourth-order valence-corrected chi connectivity index (χ4v) is 4.72. The number of piperidine rings is 1. The summed E-state index contributed by atoms with van der Waals surface area (Å²) in [5.74, 6) is 1.91. The van der Waals surface area contributed by atoms with E-state index in [4.69, 9.17) is 9.72 Å². The number of ether oxygens (including phenoxy) is 1. The summed E-state index contributed by atoms with van der Waals surface area (Å²) in [4.78, 5) is 22.8. The Morgan fingerprint density at radius 2 is 1.85 bits per heavy atom. The van der Waals surface area contributed by atoms with Crippen molar-refractivity contribution in [2.24, 2.45) is 0 Å². The van der Waals surface area contributed by atoms with Crippen molar-refractivity contribution >= 4 is 22.3 Å². The second kappa shape index (κ2) is 9.69. The molecule has 2 N–H and O–H groups in total. The van der Waals surface area contributed by atoms with Gasteiger partial charge in [-0.05, 0) is 93.2 Å². The van der Waals surface area contributed by atoms with Gasteiger partial charge in [-0.3, -0.25) is 4.79 Å². The van der Waals surface area contributed by atoms with Crippen LogP contribution in [0.3, 0.4) is 0 Å². The molecule has 6 nitrogen and oxygen atoms in total. The average Bonchev–Trinajstić information content (AvgIpc) is 2.85. The summed E-state index contributed by atoms with van der Waals surface area (Å²) < 4.78 is 5.83. The summed E-state index contributed by atoms with van der Waals surface area (Å²) in [5, 5.41) is 4.77. The van der Waals surface area contributed by atoms with E-state index in [-0.39, 0.29) is 5.56 Å². The van der Waals surface area contributed by atoms with Crippen LogP contribution in [0, 0.1) is 0 Å². The second-order valence-electron chi connectivity index (χ2n) is 8.88. The van der Waals surface area contributed by atoms with Gasteiger partial charge in [-0.1, -0.05) is 24.3 Å². The lowest BCUT2D eigenvalue weighted by Gasteiger charge is -2.29. The van der Waals surface area contributed by atoms with Crippen molar-refractivity contribution in [2.45, 2.75) is 25.7 Å². The SMILES string of the molecule is CCOc1ccccc1-c1cc2cc[nH]c(=O)c2c(Nc2ccc(C3CCN(C)CC3)cc2)n1. The number of para-hydroxylation sites is 1. The number of H-pyrrole nitrogens is 1. The molecular weight excluding hydrogens is 424 g/mol. The molecule has 0 atom stereocenters. The van der Waals surface area contributed by atoms with Crippen molar-refractivity contribution in [3.63, 3.8) is 0 Å². The van der Waals surface area contributed by atoms with Gasteiger partial charge in [-0.15, -0.1) is 0 Å². The molecule has 5 rings (SSSR count). The first-order valence-electron chi connectivity index (χ1n) is 11.9. The maximum Gasteiger partial charge on any atom is 0.259 e. The molecule has 0 saturated carbocycles. The highest BCUT2D eigenvalue weighted by atomic mass is 16.5. The predicted molar refractivity (Wildman–Crippen MR) is 138 cm³/mol. The molecule has 0 amide bonds. The Morgan fingerprint density at radius 1 is 1.09 bits per heavy atom. The number of fused-ring (bicyclic) bond motifs is 1. The Hall–Kier alpha value is -3.64. The second-order valence-corrected chi connectivity index (χ2v) is 8.88. The predicted octanol–water partition coefficient (Wildman–Crippen LogP) is 5.54. The smallest absolute Gasteiger partial charge is 0.259 e. The molecule has 174 valence electrons. The van der Waals surface area contributed by atoms with Crippen LogP contribution in [-0.2, 0) is 0 Å². The Morgan fingerprint density at radius 3 is 2.62 bits per heavy atom. The van der Waals surface area contributed by atoms with Crippen LogP contribution < -0.4 is 15.6 Å². The molecule has 4 aromatic rings. The lowest BCUT2D eigenvalue weighted by Crippen LogP contribution is -2.29. The van der Waals surface area contributed by atoms with E-state index in [0.717, 1.165) is 41.2 Å². The van der Waals surface area contributed by atoms with E-state index >= 15 is 0 Å². The van der Waals surface area contributed by atoms with Crippen LogP contribution in [-0.4, -0.2) is 41.6 Å². The van der Waals surface area contributed by atoms with Crippen LogP contribution in [0.2, 0.25) is 0 Å². The Kier molecular flexibility index (Phi) is 6.32. The number of benzene rings is 2. The minimum absolute atomic E-state index is 0.167. The van der Waals surface area contributed by atoms with Crippen molar-refractivity contribution in [3.05, 3.63) is 82.8 Å². The molecule has 0 bridgehead atoms. The number of aromatic nitrogens is 2. The minimum Gasteiger partial charge on any atom is -0.493 e. The Bertz CT molecular complexity index is 1340. The van der Waals surface area contributed by atoms with Crippen molar-refractivity contribution < 1.29 is 4.74 Å². The molecule has 0 unspecified atom stereocenters. The van der Waals surface area contributed by atoms with E-state index < -0.39 is 0 Å².